The largest absolute Gasteiger partial charge is 0.465 e. The van der Waals surface area contributed by atoms with E-state index in [-0.39, 0.29) is 99.8 Å². The topological polar surface area (TPSA) is 169 Å². The predicted molar refractivity (Wildman–Crippen MR) is 631 cm³/mol. The van der Waals surface area contributed by atoms with E-state index in [1.54, 1.807) is 26.8 Å². The van der Waals surface area contributed by atoms with E-state index >= 15 is 0 Å². The fourth-order valence-corrected chi connectivity index (χ4v) is 14.2. The maximum absolute atomic E-state index is 11.7. The molecule has 1 aliphatic carbocycles. The number of ether oxygens (including phenoxy) is 5. The van der Waals surface area contributed by atoms with Gasteiger partial charge in [-0.25, -0.2) is 0 Å². The van der Waals surface area contributed by atoms with Gasteiger partial charge < -0.3 is 28.8 Å². The molecule has 5 aromatic rings. The number of ketones is 1. The first kappa shape index (κ1) is 149. The van der Waals surface area contributed by atoms with Crippen LogP contribution in [0, 0.1) is 107 Å². The third-order valence-corrected chi connectivity index (χ3v) is 25.4. The van der Waals surface area contributed by atoms with Gasteiger partial charge in [0, 0.05) is 22.0 Å². The molecule has 0 fully saturated rings. The summed E-state index contributed by atoms with van der Waals surface area (Å²) in [5.41, 5.74) is 36.2. The smallest absolute Gasteiger partial charge is 0.308 e. The summed E-state index contributed by atoms with van der Waals surface area (Å²) in [6, 6.07) is 46.6. The lowest BCUT2D eigenvalue weighted by Crippen LogP contribution is -2.30. The molecule has 0 amide bonds. The number of hydrogen-bond donors (Lipinski definition) is 1. The molecular formula is C131H216O12Si. The van der Waals surface area contributed by atoms with E-state index in [2.05, 4.69) is 343 Å². The summed E-state index contributed by atoms with van der Waals surface area (Å²) in [6.45, 7) is 106. The van der Waals surface area contributed by atoms with Crippen molar-refractivity contribution in [3.05, 3.63) is 281 Å². The minimum Gasteiger partial charge on any atom is -0.465 e. The van der Waals surface area contributed by atoms with Crippen molar-refractivity contribution in [3.63, 3.8) is 0 Å². The van der Waals surface area contributed by atoms with E-state index in [0.717, 1.165) is 95.3 Å². The molecule has 0 radical (unpaired) electrons. The van der Waals surface area contributed by atoms with Crippen molar-refractivity contribution in [2.45, 2.75) is 365 Å². The van der Waals surface area contributed by atoms with E-state index in [0.29, 0.717) is 44.9 Å². The van der Waals surface area contributed by atoms with Gasteiger partial charge in [0.15, 0.2) is 0 Å². The molecule has 0 saturated heterocycles. The minimum absolute atomic E-state index is 0. The molecule has 0 aromatic heterocycles. The Bertz CT molecular complexity index is 4430. The van der Waals surface area contributed by atoms with Crippen LogP contribution in [0.5, 0.6) is 0 Å². The highest BCUT2D eigenvalue weighted by atomic mass is 28.3. The molecule has 0 aliphatic heterocycles. The lowest BCUT2D eigenvalue weighted by Gasteiger charge is -2.28. The number of benzene rings is 5. The minimum atomic E-state index is -0.844. The molecular weight excluding hydrogens is 1790 g/mol. The van der Waals surface area contributed by atoms with Crippen LogP contribution in [0.4, 0.5) is 0 Å². The van der Waals surface area contributed by atoms with E-state index in [1.807, 2.05) is 156 Å². The van der Waals surface area contributed by atoms with Crippen LogP contribution in [0.3, 0.4) is 0 Å². The highest BCUT2D eigenvalue weighted by Crippen LogP contribution is 2.44. The normalized spacial score (nSPS) is 10.6. The summed E-state index contributed by atoms with van der Waals surface area (Å²) in [5.74, 6) is 7.84. The maximum Gasteiger partial charge on any atom is 0.308 e. The van der Waals surface area contributed by atoms with Crippen LogP contribution in [0.15, 0.2) is 248 Å². The summed E-state index contributed by atoms with van der Waals surface area (Å²) >= 11 is 0. The van der Waals surface area contributed by atoms with E-state index in [4.69, 9.17) is 28.8 Å². The van der Waals surface area contributed by atoms with Crippen LogP contribution >= 0.6 is 0 Å². The standard InChI is InChI=1S/C19H16.C18H18O2.C11H14O2.C11H22O2.C11H16O.C10H14.C9H22Si.C8H16O2.C7H12O2.C7H16.C6H12.C5H10O.C5H12.C4H10.3H2/c1-6-9-12-14-18(15-13-10-7-2)19(17(4)5)16-11-8-3;1-12(2)18(19)20-11-17-15-9-5-3-7-13(15)14-8-4-6-10-16(14)17;1-9(2)11(12)13-8-10-6-4-3-5-7-10;1-9(2)7-5-6-8-13-11(12)10(3)4;1-9(2)7-10-3-5-11(8-12)6-4-10;1-9(2)8-10-6-4-3-5-7-10;1-8(2)7-10(5,6)9(3)4;1-6(2)5-10-8(9)7(3)4;1-4-5-9-7(8)6(2)3;1-6(2)5-7(3)4;1-4-5-6(2)3;1-4(2)5(3)6;1-4-5(2)3;1-4(2)3;;;/h14-15,17-18H,1-3H2,4-5H3;3-10,12,17H,11H2,1-2H3;3-7,9H,8H2,1-2H3;9-10H,5-8H2,1-4H3;3-6,9,12H,7-8H2,1-2H3;3-7,9H,8H2,1-2H3;8-9H,7H2,1-6H3;6-7H,5H2,1-4H3;4,6H,1,5H2,2-3H3;6-7H,5H2,1-4H3;4,6H,1,5H2,2-3H3;4H,1-3H3;5H,4H2,1-3H3;4H,1-3H3;3*1H. The number of aliphatic hydroxyl groups excluding tert-OH is 1. The third-order valence-electron chi connectivity index (χ3n) is 20.4. The Kier molecular flexibility index (Phi) is 98.8. The second kappa shape index (κ2) is 95.2. The zero-order valence-corrected chi connectivity index (χ0v) is 100. The Morgan fingerprint density at radius 1 is 0.403 bits per heavy atom. The predicted octanol–water partition coefficient (Wildman–Crippen LogP) is 36.8. The fourth-order valence-electron chi connectivity index (χ4n) is 11.6. The van der Waals surface area contributed by atoms with Crippen LogP contribution in [-0.2, 0) is 78.5 Å². The Labute approximate surface area is 890 Å². The molecule has 0 heterocycles. The third kappa shape index (κ3) is 96.8. The lowest BCUT2D eigenvalue weighted by molar-refractivity contribution is -0.149. The van der Waals surface area contributed by atoms with Crippen molar-refractivity contribution in [1.82, 2.24) is 0 Å². The zero-order valence-electron chi connectivity index (χ0n) is 99.1. The van der Waals surface area contributed by atoms with E-state index in [1.165, 1.54) is 65.1 Å². The molecule has 6 rings (SSSR count). The van der Waals surface area contributed by atoms with Crippen LogP contribution in [-0.4, -0.2) is 75.2 Å². The van der Waals surface area contributed by atoms with Gasteiger partial charge in [-0.1, -0.05) is 487 Å². The van der Waals surface area contributed by atoms with Crippen LogP contribution < -0.4 is 0 Å². The van der Waals surface area contributed by atoms with Gasteiger partial charge in [-0.3, -0.25) is 28.8 Å². The monoisotopic (exact) mass is 2010 g/mol. The van der Waals surface area contributed by atoms with Crippen LogP contribution in [0.1, 0.15) is 352 Å². The summed E-state index contributed by atoms with van der Waals surface area (Å²) in [4.78, 5) is 65.4. The Hall–Kier alpha value is -9.98. The molecule has 0 atom stereocenters. The van der Waals surface area contributed by atoms with E-state index < -0.39 is 8.07 Å². The number of fused-ring (bicyclic) bond motifs is 3. The Morgan fingerprint density at radius 3 is 1.08 bits per heavy atom. The molecule has 0 spiro atoms. The first-order valence-electron chi connectivity index (χ1n) is 53.3. The average molecular weight is 2010 g/mol. The number of allylic oxidation sites excluding steroid dienone is 4. The SMILES string of the molecule is C=C=C=C=CC(C=C=C=C=C)C(=C=C=C=C)C(C)C.C=CCC(C)C.C=CCOC(=O)C(C)C.CC(=O)C(C)C.CC(C)C.CC(C)C(=O)OCC1c2ccccc2-c2ccccc21.CC(C)C(=O)OCc1ccccc1.CC(C)CC(C)C.CC(C)CCCCOC(=O)C(C)C.CC(C)COC(=O)C(C)C.CC(C)C[Si](C)(C)C(C)C.CC(C)Cc1ccc(CO)cc1.CC(C)Cc1ccccc1.CCC(C)C.[HH].[HH].[HH]. The molecule has 0 saturated carbocycles. The van der Waals surface area contributed by atoms with Crippen molar-refractivity contribution in [3.8, 4) is 11.1 Å². The van der Waals surface area contributed by atoms with Gasteiger partial charge >= 0.3 is 29.8 Å². The second-order valence-electron chi connectivity index (χ2n) is 43.7. The molecule has 5 aromatic carbocycles. The number of esters is 5. The number of hydrogen-bond acceptors (Lipinski definition) is 12. The van der Waals surface area contributed by atoms with Crippen LogP contribution in [0.2, 0.25) is 24.7 Å². The van der Waals surface area contributed by atoms with E-state index in [9.17, 15) is 28.8 Å². The fraction of sp³-hybridized carbons (Fsp3) is 0.580. The number of unbranched alkanes of at least 4 members (excludes halogenated alkanes) is 1. The van der Waals surface area contributed by atoms with Crippen LogP contribution in [0.25, 0.3) is 11.1 Å². The highest BCUT2D eigenvalue weighted by Gasteiger charge is 2.30. The van der Waals surface area contributed by atoms with Crippen molar-refractivity contribution in [1.29, 1.82) is 0 Å². The van der Waals surface area contributed by atoms with Gasteiger partial charge in [0.05, 0.1) is 57.5 Å². The second-order valence-corrected chi connectivity index (χ2v) is 49.2. The molecule has 13 heteroatoms. The average Bonchev–Trinajstić information content (AvgIpc) is 1.61. The molecule has 0 unspecified atom stereocenters. The van der Waals surface area contributed by atoms with Crippen molar-refractivity contribution in [2.75, 3.05) is 26.4 Å². The number of carbonyl (C=O) groups excluding carboxylic acids is 6. The maximum atomic E-state index is 11.7. The summed E-state index contributed by atoms with van der Waals surface area (Å²) < 4.78 is 25.2. The quantitative estimate of drug-likeness (QED) is 0.0101. The lowest BCUT2D eigenvalue weighted by atomic mass is 9.90. The molecule has 1 aliphatic rings. The number of carbonyl (C=O) groups is 6. The molecule has 0 bridgehead atoms. The van der Waals surface area contributed by atoms with Gasteiger partial charge in [0.25, 0.3) is 0 Å². The van der Waals surface area contributed by atoms with Gasteiger partial charge in [0.2, 0.25) is 0 Å². The number of Topliss-reactive ketones (excluding diaryl/α,β-unsaturated/α-hetero) is 1. The zero-order chi connectivity index (χ0) is 113. The van der Waals surface area contributed by atoms with Crippen molar-refractivity contribution in [2.24, 2.45) is 107 Å². The summed E-state index contributed by atoms with van der Waals surface area (Å²) in [5, 5.41) is 8.81. The first-order chi connectivity index (χ1) is 67.2. The molecule has 144 heavy (non-hydrogen) atoms. The van der Waals surface area contributed by atoms with Gasteiger partial charge in [-0.2, -0.15) is 0 Å². The van der Waals surface area contributed by atoms with Crippen molar-refractivity contribution < 1.29 is 61.8 Å². The Morgan fingerprint density at radius 2 is 0.771 bits per heavy atom. The molecule has 12 nitrogen and oxygen atoms in total. The van der Waals surface area contributed by atoms with Gasteiger partial charge in [-0.05, 0) is 210 Å². The highest BCUT2D eigenvalue weighted by molar-refractivity contribution is 6.78. The molecule has 816 valence electrons. The number of aliphatic hydroxyl groups is 1. The van der Waals surface area contributed by atoms with Gasteiger partial charge in [-0.15, -0.1) is 6.58 Å². The summed E-state index contributed by atoms with van der Waals surface area (Å²) in [7, 11) is -0.844. The van der Waals surface area contributed by atoms with Gasteiger partial charge in [0.1, 0.15) is 25.6 Å². The van der Waals surface area contributed by atoms with Crippen molar-refractivity contribution >= 4 is 43.7 Å². The Balaban J connectivity index is -0.000000153. The summed E-state index contributed by atoms with van der Waals surface area (Å²) in [6.07, 6.45) is 16.6. The first-order valence-corrected chi connectivity index (χ1v) is 56.6. The molecule has 1 N–H and O–H groups in total. The number of rotatable bonds is 36.